The number of amides is 1. The average molecular weight is 281 g/mol. The third kappa shape index (κ3) is 2.48. The average Bonchev–Trinajstić information content (AvgIpc) is 2.85. The molecule has 0 aliphatic heterocycles. The van der Waals surface area contributed by atoms with Gasteiger partial charge in [-0.3, -0.25) is 15.1 Å². The van der Waals surface area contributed by atoms with Crippen molar-refractivity contribution in [2.75, 3.05) is 14.2 Å². The Morgan fingerprint density at radius 1 is 1.53 bits per heavy atom. The first kappa shape index (κ1) is 13.2. The normalized spacial score (nSPS) is 11.6. The van der Waals surface area contributed by atoms with Crippen molar-refractivity contribution in [2.24, 2.45) is 10.7 Å². The van der Waals surface area contributed by atoms with Crippen LogP contribution in [0.3, 0.4) is 0 Å². The molecule has 0 radical (unpaired) electrons. The van der Waals surface area contributed by atoms with Gasteiger partial charge in [0.1, 0.15) is 11.4 Å². The number of ether oxygens (including phenoxy) is 1. The molecule has 0 spiro atoms. The second-order valence-electron chi connectivity index (χ2n) is 3.78. The minimum Gasteiger partial charge on any atom is -0.495 e. The molecule has 0 saturated carbocycles. The fourth-order valence-corrected chi connectivity index (χ4v) is 1.90. The highest BCUT2D eigenvalue weighted by Gasteiger charge is 2.14. The highest BCUT2D eigenvalue weighted by Crippen LogP contribution is 2.31. The Balaban J connectivity index is 2.47. The molecule has 1 heterocycles. The zero-order valence-corrected chi connectivity index (χ0v) is 11.2. The van der Waals surface area contributed by atoms with Crippen molar-refractivity contribution in [2.45, 2.75) is 0 Å². The van der Waals surface area contributed by atoms with Gasteiger partial charge >= 0.3 is 0 Å². The van der Waals surface area contributed by atoms with Crippen molar-refractivity contribution >= 4 is 34.4 Å². The molecule has 0 unspecified atom stereocenters. The smallest absolute Gasteiger partial charge is 0.274 e. The SMILES string of the molecule is CN=C(N)NC(=O)c1cc2c(Cl)ccc(OC)c2[nH]1. The zero-order valence-electron chi connectivity index (χ0n) is 10.5. The van der Waals surface area contributed by atoms with E-state index < -0.39 is 5.91 Å². The van der Waals surface area contributed by atoms with Crippen molar-refractivity contribution in [3.05, 3.63) is 28.9 Å². The number of aromatic amines is 1. The molecule has 0 aliphatic carbocycles. The lowest BCUT2D eigenvalue weighted by atomic mass is 10.2. The predicted octanol–water partition coefficient (Wildman–Crippen LogP) is 1.50. The number of halogens is 1. The van der Waals surface area contributed by atoms with E-state index in [1.54, 1.807) is 25.3 Å². The van der Waals surface area contributed by atoms with Gasteiger partial charge in [-0.25, -0.2) is 0 Å². The van der Waals surface area contributed by atoms with Crippen LogP contribution >= 0.6 is 11.6 Å². The number of aromatic nitrogens is 1. The van der Waals surface area contributed by atoms with Crippen LogP contribution in [0, 0.1) is 0 Å². The van der Waals surface area contributed by atoms with E-state index in [9.17, 15) is 4.79 Å². The maximum absolute atomic E-state index is 11.9. The first-order chi connectivity index (χ1) is 9.06. The van der Waals surface area contributed by atoms with Crippen molar-refractivity contribution in [3.8, 4) is 5.75 Å². The molecule has 0 bridgehead atoms. The number of fused-ring (bicyclic) bond motifs is 1. The minimum atomic E-state index is -0.391. The summed E-state index contributed by atoms with van der Waals surface area (Å²) in [6.07, 6.45) is 0. The molecular weight excluding hydrogens is 268 g/mol. The maximum Gasteiger partial charge on any atom is 0.274 e. The van der Waals surface area contributed by atoms with Crippen molar-refractivity contribution in [3.63, 3.8) is 0 Å². The lowest BCUT2D eigenvalue weighted by Gasteiger charge is -2.02. The van der Waals surface area contributed by atoms with E-state index in [4.69, 9.17) is 22.1 Å². The van der Waals surface area contributed by atoms with Gasteiger partial charge < -0.3 is 15.5 Å². The number of aliphatic imine (C=N–C) groups is 1. The second kappa shape index (κ2) is 5.19. The molecule has 19 heavy (non-hydrogen) atoms. The van der Waals surface area contributed by atoms with Gasteiger partial charge in [-0.1, -0.05) is 11.6 Å². The van der Waals surface area contributed by atoms with Crippen LogP contribution in [-0.2, 0) is 0 Å². The molecule has 1 amide bonds. The van der Waals surface area contributed by atoms with Crippen molar-refractivity contribution in [1.29, 1.82) is 0 Å². The van der Waals surface area contributed by atoms with Crippen molar-refractivity contribution < 1.29 is 9.53 Å². The number of nitrogens with two attached hydrogens (primary N) is 1. The number of hydrogen-bond acceptors (Lipinski definition) is 3. The monoisotopic (exact) mass is 280 g/mol. The number of carbonyl (C=O) groups is 1. The molecule has 1 aromatic heterocycles. The third-order valence-electron chi connectivity index (χ3n) is 2.65. The summed E-state index contributed by atoms with van der Waals surface area (Å²) in [6.45, 7) is 0. The molecular formula is C12H13ClN4O2. The summed E-state index contributed by atoms with van der Waals surface area (Å²) in [6, 6.07) is 5.07. The lowest BCUT2D eigenvalue weighted by Crippen LogP contribution is -2.36. The van der Waals surface area contributed by atoms with Gasteiger partial charge in [0, 0.05) is 12.4 Å². The highest BCUT2D eigenvalue weighted by atomic mass is 35.5. The number of H-pyrrole nitrogens is 1. The zero-order chi connectivity index (χ0) is 14.0. The summed E-state index contributed by atoms with van der Waals surface area (Å²) < 4.78 is 5.21. The maximum atomic E-state index is 11.9. The van der Waals surface area contributed by atoms with Gasteiger partial charge in [0.25, 0.3) is 5.91 Å². The molecule has 100 valence electrons. The molecule has 0 atom stereocenters. The van der Waals surface area contributed by atoms with E-state index in [0.29, 0.717) is 27.4 Å². The van der Waals surface area contributed by atoms with Crippen LogP contribution < -0.4 is 15.8 Å². The Bertz CT molecular complexity index is 663. The van der Waals surface area contributed by atoms with Gasteiger partial charge in [-0.15, -0.1) is 0 Å². The molecule has 4 N–H and O–H groups in total. The fraction of sp³-hybridized carbons (Fsp3) is 0.167. The number of hydrogen-bond donors (Lipinski definition) is 3. The Kier molecular flexibility index (Phi) is 3.62. The van der Waals surface area contributed by atoms with Crippen LogP contribution in [0.5, 0.6) is 5.75 Å². The predicted molar refractivity (Wildman–Crippen MR) is 74.9 cm³/mol. The number of nitrogens with one attached hydrogen (secondary N) is 2. The Labute approximate surface area is 114 Å². The molecule has 6 nitrogen and oxygen atoms in total. The van der Waals surface area contributed by atoms with Gasteiger partial charge in [-0.05, 0) is 18.2 Å². The molecule has 0 fully saturated rings. The number of guanidine groups is 1. The molecule has 2 aromatic rings. The van der Waals surface area contributed by atoms with Crippen LogP contribution in [0.25, 0.3) is 10.9 Å². The van der Waals surface area contributed by atoms with E-state index in [2.05, 4.69) is 15.3 Å². The molecule has 0 saturated heterocycles. The third-order valence-corrected chi connectivity index (χ3v) is 2.98. The fourth-order valence-electron chi connectivity index (χ4n) is 1.69. The summed E-state index contributed by atoms with van der Waals surface area (Å²) >= 11 is 6.08. The Morgan fingerprint density at radius 3 is 2.89 bits per heavy atom. The lowest BCUT2D eigenvalue weighted by molar-refractivity contribution is 0.0972. The number of rotatable bonds is 2. The summed E-state index contributed by atoms with van der Waals surface area (Å²) in [5.74, 6) is 0.259. The standard InChI is InChI=1S/C12H13ClN4O2/c1-15-12(14)17-11(18)8-5-6-7(13)3-4-9(19-2)10(6)16-8/h3-5,16H,1-2H3,(H3,14,15,17,18). The molecule has 0 aliphatic rings. The summed E-state index contributed by atoms with van der Waals surface area (Å²) in [4.78, 5) is 18.5. The van der Waals surface area contributed by atoms with Crippen molar-refractivity contribution in [1.82, 2.24) is 10.3 Å². The molecule has 7 heteroatoms. The van der Waals surface area contributed by atoms with Gasteiger partial charge in [0.2, 0.25) is 0 Å². The number of benzene rings is 1. The van der Waals surface area contributed by atoms with Gasteiger partial charge in [-0.2, -0.15) is 0 Å². The van der Waals surface area contributed by atoms with E-state index in [1.165, 1.54) is 7.05 Å². The number of methoxy groups -OCH3 is 1. The first-order valence-electron chi connectivity index (χ1n) is 5.45. The molecule has 1 aromatic carbocycles. The summed E-state index contributed by atoms with van der Waals surface area (Å²) in [5, 5.41) is 3.67. The van der Waals surface area contributed by atoms with Gasteiger partial charge in [0.15, 0.2) is 5.96 Å². The van der Waals surface area contributed by atoms with Crippen LogP contribution in [0.1, 0.15) is 10.5 Å². The summed E-state index contributed by atoms with van der Waals surface area (Å²) in [5.41, 5.74) is 6.43. The highest BCUT2D eigenvalue weighted by molar-refractivity contribution is 6.35. The van der Waals surface area contributed by atoms with Crippen LogP contribution in [0.2, 0.25) is 5.02 Å². The van der Waals surface area contributed by atoms with Crippen LogP contribution in [0.15, 0.2) is 23.2 Å². The van der Waals surface area contributed by atoms with E-state index in [-0.39, 0.29) is 5.96 Å². The molecule has 2 rings (SSSR count). The minimum absolute atomic E-state index is 0.0433. The van der Waals surface area contributed by atoms with Crippen LogP contribution in [-0.4, -0.2) is 31.0 Å². The number of carbonyl (C=O) groups excluding carboxylic acids is 1. The Hall–Kier alpha value is -2.21. The second-order valence-corrected chi connectivity index (χ2v) is 4.19. The first-order valence-corrected chi connectivity index (χ1v) is 5.83. The number of nitrogens with zero attached hydrogens (tertiary/aromatic N) is 1. The topological polar surface area (TPSA) is 92.5 Å². The Morgan fingerprint density at radius 2 is 2.26 bits per heavy atom. The van der Waals surface area contributed by atoms with Gasteiger partial charge in [0.05, 0.1) is 17.6 Å². The quantitative estimate of drug-likeness (QED) is 0.575. The summed E-state index contributed by atoms with van der Waals surface area (Å²) in [7, 11) is 3.03. The van der Waals surface area contributed by atoms with E-state index in [0.717, 1.165) is 0 Å². The van der Waals surface area contributed by atoms with E-state index >= 15 is 0 Å². The van der Waals surface area contributed by atoms with E-state index in [1.807, 2.05) is 0 Å². The largest absolute Gasteiger partial charge is 0.495 e. The van der Waals surface area contributed by atoms with Crippen LogP contribution in [0.4, 0.5) is 0 Å².